The number of unbranched alkanes of at least 4 members (excludes halogenated alkanes) is 1. The van der Waals surface area contributed by atoms with Gasteiger partial charge in [-0.3, -0.25) is 29.7 Å². The molecular formula is C31H46F2N3O10P. The van der Waals surface area contributed by atoms with Crippen molar-refractivity contribution in [2.24, 2.45) is 34.5 Å². The molecule has 0 aromatic rings. The molecule has 13 nitrogen and oxygen atoms in total. The highest BCUT2D eigenvalue weighted by atomic mass is 31.2. The van der Waals surface area contributed by atoms with Gasteiger partial charge in [-0.15, -0.1) is 0 Å². The molecule has 3 fully saturated rings. The van der Waals surface area contributed by atoms with E-state index in [-0.39, 0.29) is 54.8 Å². The van der Waals surface area contributed by atoms with Crippen molar-refractivity contribution in [1.29, 1.82) is 5.41 Å². The Bertz CT molecular complexity index is 1390. The van der Waals surface area contributed by atoms with E-state index in [2.05, 4.69) is 0 Å². The number of carbonyl (C=O) groups excluding carboxylic acids is 3. The van der Waals surface area contributed by atoms with E-state index in [1.165, 1.54) is 30.4 Å². The lowest BCUT2D eigenvalue weighted by Gasteiger charge is -2.62. The Balaban J connectivity index is 0.000000392. The second-order valence-electron chi connectivity index (χ2n) is 13.6. The van der Waals surface area contributed by atoms with Crippen LogP contribution in [-0.4, -0.2) is 92.5 Å². The molecule has 0 radical (unpaired) electrons. The molecule has 264 valence electrons. The Kier molecular flexibility index (Phi) is 11.6. The summed E-state index contributed by atoms with van der Waals surface area (Å²) in [5, 5.41) is 28.1. The molecule has 4 aliphatic carbocycles. The van der Waals surface area contributed by atoms with Crippen molar-refractivity contribution >= 4 is 37.2 Å². The van der Waals surface area contributed by atoms with Crippen LogP contribution in [-0.2, 0) is 28.5 Å². The minimum absolute atomic E-state index is 0.0524. The number of nitrogens with one attached hydrogen (secondary N) is 2. The lowest BCUT2D eigenvalue weighted by molar-refractivity contribution is -0.202. The zero-order valence-corrected chi connectivity index (χ0v) is 28.1. The monoisotopic (exact) mass is 689 g/mol. The molecule has 4 aliphatic rings. The first kappa shape index (κ1) is 38.4. The summed E-state index contributed by atoms with van der Waals surface area (Å²) < 4.78 is 48.0. The number of hydrogen-bond donors (Lipinski definition) is 6. The van der Waals surface area contributed by atoms with E-state index in [1.807, 2.05) is 20.8 Å². The Morgan fingerprint density at radius 1 is 1.21 bits per heavy atom. The van der Waals surface area contributed by atoms with Gasteiger partial charge in [-0.25, -0.2) is 13.3 Å². The molecule has 47 heavy (non-hydrogen) atoms. The second-order valence-corrected chi connectivity index (χ2v) is 14.9. The van der Waals surface area contributed by atoms with E-state index >= 15 is 8.78 Å². The first-order chi connectivity index (χ1) is 21.6. The van der Waals surface area contributed by atoms with Crippen LogP contribution in [0.3, 0.4) is 0 Å². The van der Waals surface area contributed by atoms with Crippen molar-refractivity contribution in [2.45, 2.75) is 84.2 Å². The first-order valence-corrected chi connectivity index (χ1v) is 17.2. The van der Waals surface area contributed by atoms with Gasteiger partial charge in [-0.2, -0.15) is 0 Å². The number of aliphatic hydroxyl groups is 1. The van der Waals surface area contributed by atoms with Gasteiger partial charge in [0.15, 0.2) is 23.2 Å². The number of ketones is 2. The molecule has 16 heteroatoms. The molecule has 9 atom stereocenters. The number of esters is 1. The number of rotatable bonds is 9. The molecule has 6 N–H and O–H groups in total. The number of guanidine groups is 1. The number of nitrogens with zero attached hydrogens (tertiary/aromatic N) is 1. The molecule has 3 saturated carbocycles. The lowest BCUT2D eigenvalue weighted by Crippen LogP contribution is -2.68. The van der Waals surface area contributed by atoms with Crippen molar-refractivity contribution in [3.05, 3.63) is 23.8 Å². The third-order valence-electron chi connectivity index (χ3n) is 10.4. The summed E-state index contributed by atoms with van der Waals surface area (Å²) in [6.07, 6.45) is 3.20. The van der Waals surface area contributed by atoms with Crippen molar-refractivity contribution in [3.63, 3.8) is 0 Å². The van der Waals surface area contributed by atoms with Crippen molar-refractivity contribution in [2.75, 3.05) is 20.2 Å². The molecule has 0 aliphatic heterocycles. The molecule has 0 aromatic heterocycles. The van der Waals surface area contributed by atoms with Gasteiger partial charge < -0.3 is 29.6 Å². The predicted molar refractivity (Wildman–Crippen MR) is 165 cm³/mol. The highest BCUT2D eigenvalue weighted by Crippen LogP contribution is 2.70. The number of likely N-dealkylation sites (N-methyl/N-ethyl adjacent to an activating group) is 1. The number of alkyl halides is 2. The number of carbonyl (C=O) groups is 4. The normalized spacial score (nSPS) is 35.6. The smallest absolute Gasteiger partial charge is 0.429 e. The van der Waals surface area contributed by atoms with Crippen LogP contribution in [0.15, 0.2) is 23.8 Å². The zero-order chi connectivity index (χ0) is 35.7. The number of fused-ring (bicyclic) bond motifs is 5. The fourth-order valence-corrected chi connectivity index (χ4v) is 8.84. The van der Waals surface area contributed by atoms with Gasteiger partial charge in [0.2, 0.25) is 0 Å². The Morgan fingerprint density at radius 2 is 1.85 bits per heavy atom. The quantitative estimate of drug-likeness (QED) is 0.0892. The van der Waals surface area contributed by atoms with E-state index in [0.29, 0.717) is 12.8 Å². The minimum atomic E-state index is -4.53. The predicted octanol–water partition coefficient (Wildman–Crippen LogP) is 3.09. The number of aliphatic hydroxyl groups excluding tert-OH is 1. The zero-order valence-electron chi connectivity index (χ0n) is 27.2. The Morgan fingerprint density at radius 3 is 2.43 bits per heavy atom. The van der Waals surface area contributed by atoms with Crippen LogP contribution < -0.4 is 5.09 Å². The summed E-state index contributed by atoms with van der Waals surface area (Å²) >= 11 is 0. The van der Waals surface area contributed by atoms with Crippen molar-refractivity contribution in [3.8, 4) is 0 Å². The number of ether oxygens (including phenoxy) is 1. The number of carboxylic acid groups (broad SMARTS) is 1. The first-order valence-electron chi connectivity index (χ1n) is 15.6. The van der Waals surface area contributed by atoms with Gasteiger partial charge in [-0.05, 0) is 67.6 Å². The third-order valence-corrected chi connectivity index (χ3v) is 10.9. The highest BCUT2D eigenvalue weighted by molar-refractivity contribution is 7.50. The Labute approximate surface area is 272 Å². The number of aliphatic carboxylic acids is 1. The topological polar surface area (TPSA) is 215 Å². The number of allylic oxidation sites excluding steroid dienone is 4. The molecule has 0 bridgehead atoms. The fourth-order valence-electron chi connectivity index (χ4n) is 8.40. The van der Waals surface area contributed by atoms with E-state index in [0.717, 1.165) is 11.3 Å². The van der Waals surface area contributed by atoms with E-state index in [1.54, 1.807) is 6.92 Å². The van der Waals surface area contributed by atoms with Crippen LogP contribution in [0.5, 0.6) is 0 Å². The molecule has 4 rings (SSSR count). The third kappa shape index (κ3) is 7.68. The summed E-state index contributed by atoms with van der Waals surface area (Å²) in [7, 11) is -3.31. The van der Waals surface area contributed by atoms with E-state index < -0.39 is 72.8 Å². The van der Waals surface area contributed by atoms with Gasteiger partial charge in [0.25, 0.3) is 0 Å². The van der Waals surface area contributed by atoms with Crippen LogP contribution in [0.4, 0.5) is 8.78 Å². The fraction of sp³-hybridized carbons (Fsp3) is 0.710. The van der Waals surface area contributed by atoms with Gasteiger partial charge in [-0.1, -0.05) is 33.3 Å². The average Bonchev–Trinajstić information content (AvgIpc) is 3.21. The van der Waals surface area contributed by atoms with Crippen LogP contribution in [0, 0.1) is 39.9 Å². The van der Waals surface area contributed by atoms with Crippen LogP contribution in [0.2, 0.25) is 0 Å². The molecule has 0 saturated heterocycles. The molecule has 0 amide bonds. The van der Waals surface area contributed by atoms with Gasteiger partial charge in [0, 0.05) is 30.7 Å². The number of carboxylic acids is 1. The molecule has 0 aromatic carbocycles. The summed E-state index contributed by atoms with van der Waals surface area (Å²) in [5.41, 5.74) is -4.21. The van der Waals surface area contributed by atoms with Gasteiger partial charge >= 0.3 is 19.7 Å². The number of halogens is 2. The van der Waals surface area contributed by atoms with Crippen LogP contribution in [0.1, 0.15) is 66.2 Å². The average molecular weight is 690 g/mol. The van der Waals surface area contributed by atoms with Crippen molar-refractivity contribution < 1.29 is 57.3 Å². The van der Waals surface area contributed by atoms with Crippen molar-refractivity contribution in [1.82, 2.24) is 9.99 Å². The standard InChI is InChI=1S/C27H36F2O5.C4H10N3O5P/c1-5-6-7-23(33)34-14-21(31)24-15(2)10-17-18-12-20(28)19-11-16(30)8-9-26(19,4)27(18,29)22(32)13-25(17,24)3;1-7(2-3(8)9)4(5)6-13(10,11)12/h8-9,11,15,17-18,20,22,24,32H,5-7,10,12-14H2,1-4H3;2H2,1H3,(H,8,9)(H4,5,6,10,11,12)/t15-,17+,18+,20+,22+,24-,25+,26+,27+;/m1./s1. The van der Waals surface area contributed by atoms with Gasteiger partial charge in [0.1, 0.15) is 19.3 Å². The minimum Gasteiger partial charge on any atom is -0.480 e. The summed E-state index contributed by atoms with van der Waals surface area (Å²) in [4.78, 5) is 64.8. The van der Waals surface area contributed by atoms with E-state index in [4.69, 9.17) is 25.0 Å². The molecule has 0 unspecified atom stereocenters. The second kappa shape index (κ2) is 14.2. The molecular weight excluding hydrogens is 643 g/mol. The van der Waals surface area contributed by atoms with Crippen LogP contribution in [0.25, 0.3) is 0 Å². The number of Topliss-reactive ketones (excluding diaryl/α,β-unsaturated/α-hetero) is 1. The Hall–Kier alpha value is -3.00. The van der Waals surface area contributed by atoms with Gasteiger partial charge in [0.05, 0.1) is 6.10 Å². The number of hydrogen-bond acceptors (Lipinski definition) is 8. The largest absolute Gasteiger partial charge is 0.480 e. The molecule has 0 spiro atoms. The summed E-state index contributed by atoms with van der Waals surface area (Å²) in [5.74, 6) is -4.58. The van der Waals surface area contributed by atoms with E-state index in [9.17, 15) is 28.8 Å². The summed E-state index contributed by atoms with van der Waals surface area (Å²) in [6, 6.07) is 0. The lowest BCUT2D eigenvalue weighted by atomic mass is 9.45. The SMILES string of the molecule is CCCCC(=O)OCC(=O)[C@H]1[C@H](C)C[C@H]2[C@@H]3C[C@H](F)C4=CC(=O)C=C[C@]4(C)[C@@]3(F)[C@@H](O)C[C@@]21C.CN(CC(=O)O)C(=N)NP(=O)(O)O. The highest BCUT2D eigenvalue weighted by Gasteiger charge is 2.73. The van der Waals surface area contributed by atoms with Crippen LogP contribution >= 0.6 is 7.75 Å². The summed E-state index contributed by atoms with van der Waals surface area (Å²) in [6.45, 7) is 6.52. The maximum atomic E-state index is 17.1. The maximum absolute atomic E-state index is 17.1. The maximum Gasteiger partial charge on any atom is 0.429 e. The molecule has 0 heterocycles.